The largest absolute Gasteiger partial charge is 0.148 e. The molecule has 0 aromatic carbocycles. The van der Waals surface area contributed by atoms with E-state index in [9.17, 15) is 0 Å². The molecular weight excluding hydrogens is 164 g/mol. The van der Waals surface area contributed by atoms with E-state index in [1.54, 1.807) is 4.88 Å². The quantitative estimate of drug-likeness (QED) is 0.610. The normalized spacial score (nSPS) is 19.8. The highest BCUT2D eigenvalue weighted by Gasteiger charge is 2.16. The highest BCUT2D eigenvalue weighted by Crippen LogP contribution is 2.35. The Morgan fingerprint density at radius 1 is 1.25 bits per heavy atom. The maximum Gasteiger partial charge on any atom is 0.00789 e. The van der Waals surface area contributed by atoms with E-state index >= 15 is 0 Å². The van der Waals surface area contributed by atoms with Crippen LogP contribution in [0, 0.1) is 6.92 Å². The molecule has 2 rings (SSSR count). The van der Waals surface area contributed by atoms with Gasteiger partial charge in [0.1, 0.15) is 0 Å². The second-order valence-electron chi connectivity index (χ2n) is 3.86. The summed E-state index contributed by atoms with van der Waals surface area (Å²) < 4.78 is 0. The van der Waals surface area contributed by atoms with Crippen molar-refractivity contribution >= 4 is 11.3 Å². The van der Waals surface area contributed by atoms with Crippen molar-refractivity contribution in [1.29, 1.82) is 0 Å². The van der Waals surface area contributed by atoms with Crippen LogP contribution in [0.15, 0.2) is 11.4 Å². The van der Waals surface area contributed by atoms with Crippen molar-refractivity contribution in [2.24, 2.45) is 0 Å². The zero-order valence-electron chi connectivity index (χ0n) is 7.68. The molecule has 0 amide bonds. The van der Waals surface area contributed by atoms with Gasteiger partial charge < -0.3 is 0 Å². The molecule has 0 atom stereocenters. The zero-order valence-corrected chi connectivity index (χ0v) is 8.49. The summed E-state index contributed by atoms with van der Waals surface area (Å²) in [5.74, 6) is 0.900. The van der Waals surface area contributed by atoms with Crippen LogP contribution in [0.3, 0.4) is 0 Å². The smallest absolute Gasteiger partial charge is 0.00789 e. The van der Waals surface area contributed by atoms with Crippen LogP contribution < -0.4 is 0 Å². The van der Waals surface area contributed by atoms with Gasteiger partial charge in [-0.25, -0.2) is 0 Å². The molecule has 0 bridgehead atoms. The first-order valence-electron chi connectivity index (χ1n) is 4.91. The third-order valence-electron chi connectivity index (χ3n) is 2.76. The third-order valence-corrected chi connectivity index (χ3v) is 3.97. The van der Waals surface area contributed by atoms with E-state index in [-0.39, 0.29) is 0 Å². The van der Waals surface area contributed by atoms with Gasteiger partial charge in [0.2, 0.25) is 0 Å². The van der Waals surface area contributed by atoms with E-state index in [2.05, 4.69) is 18.4 Å². The molecule has 0 N–H and O–H groups in total. The Kier molecular flexibility index (Phi) is 2.50. The summed E-state index contributed by atoms with van der Waals surface area (Å²) in [4.78, 5) is 1.63. The predicted octanol–water partition coefficient (Wildman–Crippen LogP) is 4.10. The summed E-state index contributed by atoms with van der Waals surface area (Å²) in [5.41, 5.74) is 1.44. The van der Waals surface area contributed by atoms with Crippen molar-refractivity contribution in [3.05, 3.63) is 21.9 Å². The van der Waals surface area contributed by atoms with E-state index in [1.807, 2.05) is 11.3 Å². The Morgan fingerprint density at radius 2 is 2.00 bits per heavy atom. The summed E-state index contributed by atoms with van der Waals surface area (Å²) in [6.45, 7) is 2.20. The molecule has 0 nitrogen and oxygen atoms in total. The molecular formula is C11H16S. The maximum absolute atomic E-state index is 2.38. The van der Waals surface area contributed by atoms with Crippen molar-refractivity contribution in [2.75, 3.05) is 0 Å². The van der Waals surface area contributed by atoms with Crippen LogP contribution >= 0.6 is 11.3 Å². The predicted molar refractivity (Wildman–Crippen MR) is 54.9 cm³/mol. The van der Waals surface area contributed by atoms with Gasteiger partial charge >= 0.3 is 0 Å². The monoisotopic (exact) mass is 180 g/mol. The fraction of sp³-hybridized carbons (Fsp3) is 0.636. The molecule has 1 aliphatic rings. The first-order valence-corrected chi connectivity index (χ1v) is 5.79. The SMILES string of the molecule is Cc1csc(C2CCCCC2)c1. The first kappa shape index (κ1) is 8.31. The number of rotatable bonds is 1. The average molecular weight is 180 g/mol. The zero-order chi connectivity index (χ0) is 8.39. The molecule has 1 aromatic rings. The van der Waals surface area contributed by atoms with E-state index in [4.69, 9.17) is 0 Å². The lowest BCUT2D eigenvalue weighted by Gasteiger charge is -2.19. The van der Waals surface area contributed by atoms with Crippen LogP contribution in [0.4, 0.5) is 0 Å². The Labute approximate surface area is 78.6 Å². The molecule has 0 spiro atoms. The van der Waals surface area contributed by atoms with Gasteiger partial charge in [-0.2, -0.15) is 0 Å². The van der Waals surface area contributed by atoms with Gasteiger partial charge in [-0.1, -0.05) is 19.3 Å². The highest BCUT2D eigenvalue weighted by atomic mass is 32.1. The topological polar surface area (TPSA) is 0 Å². The fourth-order valence-electron chi connectivity index (χ4n) is 2.05. The lowest BCUT2D eigenvalue weighted by molar-refractivity contribution is 0.448. The molecule has 1 saturated carbocycles. The van der Waals surface area contributed by atoms with E-state index in [0.29, 0.717) is 0 Å². The average Bonchev–Trinajstić information content (AvgIpc) is 2.54. The van der Waals surface area contributed by atoms with E-state index in [0.717, 1.165) is 5.92 Å². The van der Waals surface area contributed by atoms with Crippen LogP contribution in [-0.4, -0.2) is 0 Å². The minimum Gasteiger partial charge on any atom is -0.148 e. The van der Waals surface area contributed by atoms with Crippen LogP contribution in [-0.2, 0) is 0 Å². The van der Waals surface area contributed by atoms with Gasteiger partial charge in [-0.15, -0.1) is 11.3 Å². The van der Waals surface area contributed by atoms with Gasteiger partial charge in [0, 0.05) is 4.88 Å². The van der Waals surface area contributed by atoms with E-state index < -0.39 is 0 Å². The first-order chi connectivity index (χ1) is 5.86. The minimum absolute atomic E-state index is 0.900. The van der Waals surface area contributed by atoms with Crippen LogP contribution in [0.25, 0.3) is 0 Å². The second-order valence-corrected chi connectivity index (χ2v) is 4.80. The van der Waals surface area contributed by atoms with Gasteiger partial charge in [-0.3, -0.25) is 0 Å². The van der Waals surface area contributed by atoms with Crippen molar-refractivity contribution in [2.45, 2.75) is 44.9 Å². The standard InChI is InChI=1S/C11H16S/c1-9-7-11(12-8-9)10-5-3-2-4-6-10/h7-8,10H,2-6H2,1H3. The summed E-state index contributed by atoms with van der Waals surface area (Å²) in [6.07, 6.45) is 7.21. The molecule has 1 aromatic heterocycles. The number of hydrogen-bond acceptors (Lipinski definition) is 1. The summed E-state index contributed by atoms with van der Waals surface area (Å²) in [7, 11) is 0. The second kappa shape index (κ2) is 3.61. The van der Waals surface area contributed by atoms with Gasteiger partial charge in [0.05, 0.1) is 0 Å². The molecule has 0 saturated heterocycles. The molecule has 1 aliphatic carbocycles. The van der Waals surface area contributed by atoms with Crippen LogP contribution in [0.1, 0.15) is 48.5 Å². The van der Waals surface area contributed by atoms with Gasteiger partial charge in [0.15, 0.2) is 0 Å². The molecule has 1 fully saturated rings. The Bertz CT molecular complexity index is 243. The summed E-state index contributed by atoms with van der Waals surface area (Å²) in [6, 6.07) is 2.38. The highest BCUT2D eigenvalue weighted by molar-refractivity contribution is 7.10. The van der Waals surface area contributed by atoms with Crippen molar-refractivity contribution in [1.82, 2.24) is 0 Å². The Morgan fingerprint density at radius 3 is 2.58 bits per heavy atom. The van der Waals surface area contributed by atoms with Crippen molar-refractivity contribution in [3.8, 4) is 0 Å². The molecule has 1 heterocycles. The van der Waals surface area contributed by atoms with Crippen molar-refractivity contribution in [3.63, 3.8) is 0 Å². The molecule has 0 aliphatic heterocycles. The fourth-order valence-corrected chi connectivity index (χ4v) is 3.13. The summed E-state index contributed by atoms with van der Waals surface area (Å²) >= 11 is 1.96. The Balaban J connectivity index is 2.08. The lowest BCUT2D eigenvalue weighted by Crippen LogP contribution is -2.02. The lowest BCUT2D eigenvalue weighted by atomic mass is 9.88. The number of aryl methyl sites for hydroxylation is 1. The van der Waals surface area contributed by atoms with Crippen LogP contribution in [0.5, 0.6) is 0 Å². The molecule has 0 unspecified atom stereocenters. The Hall–Kier alpha value is -0.300. The molecule has 1 heteroatoms. The number of thiophene rings is 1. The van der Waals surface area contributed by atoms with Gasteiger partial charge in [0.25, 0.3) is 0 Å². The van der Waals surface area contributed by atoms with Crippen molar-refractivity contribution < 1.29 is 0 Å². The molecule has 66 valence electrons. The minimum atomic E-state index is 0.900. The molecule has 12 heavy (non-hydrogen) atoms. The van der Waals surface area contributed by atoms with Crippen LogP contribution in [0.2, 0.25) is 0 Å². The third kappa shape index (κ3) is 1.71. The van der Waals surface area contributed by atoms with E-state index in [1.165, 1.54) is 37.7 Å². The maximum atomic E-state index is 2.38. The number of hydrogen-bond donors (Lipinski definition) is 0. The van der Waals surface area contributed by atoms with Gasteiger partial charge in [-0.05, 0) is 42.7 Å². The summed E-state index contributed by atoms with van der Waals surface area (Å²) in [5, 5.41) is 2.28. The molecule has 0 radical (unpaired) electrons.